The zero-order valence-electron chi connectivity index (χ0n) is 18.6. The third-order valence-electron chi connectivity index (χ3n) is 5.13. The maximum atomic E-state index is 12.9. The Balaban J connectivity index is 1.50. The number of hydrogen-bond donors (Lipinski definition) is 1. The summed E-state index contributed by atoms with van der Waals surface area (Å²) in [4.78, 5) is 25.2. The summed E-state index contributed by atoms with van der Waals surface area (Å²) in [5, 5.41) is 5.74. The standard InChI is InChI=1S/C27H22N2O5/c1-32-21-13-11-20(12-14-21)26(30)29-28-17-18-10-15-24(33-2)25(16-18)34-27(31)23-9-5-7-19-6-3-4-8-22(19)23/h3-17H,1-2H3,(H,29,30)/b28-17-. The average molecular weight is 454 g/mol. The highest BCUT2D eigenvalue weighted by atomic mass is 16.6. The van der Waals surface area contributed by atoms with E-state index in [0.717, 1.165) is 10.8 Å². The second kappa shape index (κ2) is 10.3. The molecule has 0 unspecified atom stereocenters. The molecule has 0 saturated heterocycles. The normalized spacial score (nSPS) is 10.8. The molecule has 34 heavy (non-hydrogen) atoms. The van der Waals surface area contributed by atoms with E-state index in [1.54, 1.807) is 55.6 Å². The minimum Gasteiger partial charge on any atom is -0.497 e. The van der Waals surface area contributed by atoms with Crippen LogP contribution in [0, 0.1) is 0 Å². The van der Waals surface area contributed by atoms with Gasteiger partial charge < -0.3 is 14.2 Å². The number of nitrogens with one attached hydrogen (secondary N) is 1. The molecule has 0 aliphatic heterocycles. The van der Waals surface area contributed by atoms with Crippen LogP contribution in [-0.4, -0.2) is 32.3 Å². The van der Waals surface area contributed by atoms with Gasteiger partial charge in [0.05, 0.1) is 26.0 Å². The van der Waals surface area contributed by atoms with Gasteiger partial charge in [-0.2, -0.15) is 5.10 Å². The van der Waals surface area contributed by atoms with Crippen molar-refractivity contribution in [1.82, 2.24) is 5.43 Å². The summed E-state index contributed by atoms with van der Waals surface area (Å²) in [6.07, 6.45) is 1.45. The molecule has 0 atom stereocenters. The van der Waals surface area contributed by atoms with E-state index in [1.165, 1.54) is 13.3 Å². The van der Waals surface area contributed by atoms with E-state index in [-0.39, 0.29) is 11.7 Å². The lowest BCUT2D eigenvalue weighted by molar-refractivity contribution is 0.0731. The van der Waals surface area contributed by atoms with E-state index in [2.05, 4.69) is 10.5 Å². The van der Waals surface area contributed by atoms with Crippen LogP contribution in [0.25, 0.3) is 10.8 Å². The highest BCUT2D eigenvalue weighted by molar-refractivity contribution is 6.05. The van der Waals surface area contributed by atoms with E-state index in [9.17, 15) is 9.59 Å². The minimum absolute atomic E-state index is 0.242. The van der Waals surface area contributed by atoms with Gasteiger partial charge in [-0.05, 0) is 64.9 Å². The topological polar surface area (TPSA) is 86.2 Å². The second-order valence-corrected chi connectivity index (χ2v) is 7.25. The van der Waals surface area contributed by atoms with Gasteiger partial charge in [-0.15, -0.1) is 0 Å². The third kappa shape index (κ3) is 5.05. The summed E-state index contributed by atoms with van der Waals surface area (Å²) < 4.78 is 16.1. The molecule has 1 N–H and O–H groups in total. The van der Waals surface area contributed by atoms with Crippen molar-refractivity contribution in [2.24, 2.45) is 5.10 Å². The lowest BCUT2D eigenvalue weighted by Gasteiger charge is -2.11. The quantitative estimate of drug-likeness (QED) is 0.187. The number of esters is 1. The first-order valence-corrected chi connectivity index (χ1v) is 10.4. The first kappa shape index (κ1) is 22.5. The van der Waals surface area contributed by atoms with Gasteiger partial charge in [0, 0.05) is 5.56 Å². The zero-order chi connectivity index (χ0) is 23.9. The Morgan fingerprint density at radius 3 is 2.35 bits per heavy atom. The molecule has 7 nitrogen and oxygen atoms in total. The Labute approximate surface area is 196 Å². The number of benzene rings is 4. The first-order valence-electron chi connectivity index (χ1n) is 10.4. The smallest absolute Gasteiger partial charge is 0.344 e. The van der Waals surface area contributed by atoms with Gasteiger partial charge in [-0.1, -0.05) is 36.4 Å². The van der Waals surface area contributed by atoms with Gasteiger partial charge in [-0.25, -0.2) is 10.2 Å². The fourth-order valence-corrected chi connectivity index (χ4v) is 3.38. The number of rotatable bonds is 7. The molecule has 4 aromatic rings. The molecule has 1 amide bonds. The predicted octanol–water partition coefficient (Wildman–Crippen LogP) is 4.84. The van der Waals surface area contributed by atoms with Gasteiger partial charge in [0.25, 0.3) is 5.91 Å². The maximum Gasteiger partial charge on any atom is 0.344 e. The first-order chi connectivity index (χ1) is 16.6. The molecule has 0 heterocycles. The summed E-state index contributed by atoms with van der Waals surface area (Å²) >= 11 is 0. The second-order valence-electron chi connectivity index (χ2n) is 7.25. The predicted molar refractivity (Wildman–Crippen MR) is 130 cm³/mol. The Kier molecular flexibility index (Phi) is 6.84. The van der Waals surface area contributed by atoms with Crippen molar-refractivity contribution in [1.29, 1.82) is 0 Å². The van der Waals surface area contributed by atoms with Crippen LogP contribution in [0.1, 0.15) is 26.3 Å². The van der Waals surface area contributed by atoms with E-state index < -0.39 is 5.97 Å². The van der Waals surface area contributed by atoms with Crippen molar-refractivity contribution in [3.05, 3.63) is 102 Å². The van der Waals surface area contributed by atoms with Gasteiger partial charge >= 0.3 is 5.97 Å². The lowest BCUT2D eigenvalue weighted by Crippen LogP contribution is -2.17. The molecule has 4 aromatic carbocycles. The van der Waals surface area contributed by atoms with Crippen molar-refractivity contribution in [3.63, 3.8) is 0 Å². The summed E-state index contributed by atoms with van der Waals surface area (Å²) in [6.45, 7) is 0. The number of amides is 1. The maximum absolute atomic E-state index is 12.9. The average Bonchev–Trinajstić information content (AvgIpc) is 2.88. The molecule has 7 heteroatoms. The SMILES string of the molecule is COc1ccc(C(=O)N/N=C\c2ccc(OC)c(OC(=O)c3cccc4ccccc34)c2)cc1. The van der Waals surface area contributed by atoms with E-state index in [4.69, 9.17) is 14.2 Å². The van der Waals surface area contributed by atoms with Crippen LogP contribution in [0.2, 0.25) is 0 Å². The van der Waals surface area contributed by atoms with Crippen LogP contribution in [-0.2, 0) is 0 Å². The molecule has 0 aliphatic carbocycles. The molecule has 0 saturated carbocycles. The van der Waals surface area contributed by atoms with Crippen LogP contribution in [0.3, 0.4) is 0 Å². The summed E-state index contributed by atoms with van der Waals surface area (Å²) in [7, 11) is 3.05. The van der Waals surface area contributed by atoms with Gasteiger partial charge in [0.15, 0.2) is 11.5 Å². The molecule has 0 aromatic heterocycles. The Morgan fingerprint density at radius 2 is 1.59 bits per heavy atom. The number of fused-ring (bicyclic) bond motifs is 1. The number of nitrogens with zero attached hydrogens (tertiary/aromatic N) is 1. The van der Waals surface area contributed by atoms with Gasteiger partial charge in [-0.3, -0.25) is 4.79 Å². The highest BCUT2D eigenvalue weighted by Gasteiger charge is 2.15. The molecule has 4 rings (SSSR count). The summed E-state index contributed by atoms with van der Waals surface area (Å²) in [5.41, 5.74) is 3.97. The molecule has 0 spiro atoms. The van der Waals surface area contributed by atoms with E-state index >= 15 is 0 Å². The lowest BCUT2D eigenvalue weighted by atomic mass is 10.0. The largest absolute Gasteiger partial charge is 0.497 e. The number of methoxy groups -OCH3 is 2. The molecular weight excluding hydrogens is 432 g/mol. The highest BCUT2D eigenvalue weighted by Crippen LogP contribution is 2.29. The molecule has 0 aliphatic rings. The molecule has 0 bridgehead atoms. The number of hydrogen-bond acceptors (Lipinski definition) is 6. The van der Waals surface area contributed by atoms with Crippen molar-refractivity contribution in [2.75, 3.05) is 14.2 Å². The fourth-order valence-electron chi connectivity index (χ4n) is 3.38. The molecular formula is C27H22N2O5. The van der Waals surface area contributed by atoms with Crippen LogP contribution in [0.5, 0.6) is 17.2 Å². The number of hydrazone groups is 1. The molecule has 0 radical (unpaired) electrons. The van der Waals surface area contributed by atoms with Crippen molar-refractivity contribution >= 4 is 28.9 Å². The Morgan fingerprint density at radius 1 is 0.824 bits per heavy atom. The third-order valence-corrected chi connectivity index (χ3v) is 5.13. The molecule has 0 fully saturated rings. The van der Waals surface area contributed by atoms with Crippen molar-refractivity contribution in [3.8, 4) is 17.2 Å². The summed E-state index contributed by atoms with van der Waals surface area (Å²) in [5.74, 6) is 0.426. The van der Waals surface area contributed by atoms with Crippen LogP contribution < -0.4 is 19.6 Å². The molecule has 170 valence electrons. The van der Waals surface area contributed by atoms with E-state index in [1.807, 2.05) is 36.4 Å². The number of carbonyl (C=O) groups is 2. The van der Waals surface area contributed by atoms with Crippen LogP contribution in [0.4, 0.5) is 0 Å². The minimum atomic E-state index is -0.503. The summed E-state index contributed by atoms with van der Waals surface area (Å²) in [6, 6.07) is 24.7. The zero-order valence-corrected chi connectivity index (χ0v) is 18.6. The number of ether oxygens (including phenoxy) is 3. The van der Waals surface area contributed by atoms with Gasteiger partial charge in [0.1, 0.15) is 5.75 Å². The fraction of sp³-hybridized carbons (Fsp3) is 0.0741. The van der Waals surface area contributed by atoms with Crippen molar-refractivity contribution < 1.29 is 23.8 Å². The van der Waals surface area contributed by atoms with Crippen LogP contribution in [0.15, 0.2) is 90.0 Å². The number of carbonyl (C=O) groups excluding carboxylic acids is 2. The Bertz CT molecular complexity index is 1360. The Hall–Kier alpha value is -4.65. The van der Waals surface area contributed by atoms with E-state index in [0.29, 0.717) is 28.2 Å². The van der Waals surface area contributed by atoms with Crippen molar-refractivity contribution in [2.45, 2.75) is 0 Å². The van der Waals surface area contributed by atoms with Crippen LogP contribution >= 0.6 is 0 Å². The van der Waals surface area contributed by atoms with Gasteiger partial charge in [0.2, 0.25) is 0 Å². The monoisotopic (exact) mass is 454 g/mol.